The summed E-state index contributed by atoms with van der Waals surface area (Å²) in [4.78, 5) is 28.0. The first kappa shape index (κ1) is 25.5. The normalized spacial score (nSPS) is 23.8. The van der Waals surface area contributed by atoms with E-state index in [0.29, 0.717) is 34.0 Å². The summed E-state index contributed by atoms with van der Waals surface area (Å²) in [5, 5.41) is 1.85. The summed E-state index contributed by atoms with van der Waals surface area (Å²) in [7, 11) is 3.71. The molecule has 3 aliphatic heterocycles. The molecule has 4 aromatic rings. The third kappa shape index (κ3) is 3.57. The Bertz CT molecular complexity index is 1720. The number of carbonyl (C=O) groups is 2. The number of rotatable bonds is 0. The van der Waals surface area contributed by atoms with Crippen molar-refractivity contribution in [1.29, 1.82) is 0 Å². The lowest BCUT2D eigenvalue weighted by Crippen LogP contribution is -2.48. The molecule has 0 radical (unpaired) electrons. The minimum atomic E-state index is -3.20. The summed E-state index contributed by atoms with van der Waals surface area (Å²) in [6, 6.07) is 26.3. The number of hydrogen-bond donors (Lipinski definition) is 0. The zero-order chi connectivity index (χ0) is 27.8. The molecule has 0 spiro atoms. The molecule has 202 valence electrons. The number of amides is 2. The lowest BCUT2D eigenvalue weighted by atomic mass is 10.1. The van der Waals surface area contributed by atoms with Crippen LogP contribution >= 0.6 is 13.1 Å². The summed E-state index contributed by atoms with van der Waals surface area (Å²) < 4.78 is 20.5. The van der Waals surface area contributed by atoms with Crippen LogP contribution in [0.5, 0.6) is 11.5 Å². The molecule has 8 nitrogen and oxygen atoms in total. The molecule has 0 N–H and O–H groups in total. The van der Waals surface area contributed by atoms with E-state index in [-0.39, 0.29) is 24.9 Å². The van der Waals surface area contributed by atoms with Gasteiger partial charge < -0.3 is 18.4 Å². The van der Waals surface area contributed by atoms with Crippen LogP contribution in [0.4, 0.5) is 11.4 Å². The van der Waals surface area contributed by atoms with Crippen LogP contribution in [-0.2, 0) is 23.6 Å². The van der Waals surface area contributed by atoms with Crippen LogP contribution < -0.4 is 18.4 Å². The van der Waals surface area contributed by atoms with Gasteiger partial charge in [0.2, 0.25) is 0 Å². The number of para-hydroxylation sites is 2. The Morgan fingerprint density at radius 1 is 0.625 bits per heavy atom. The van der Waals surface area contributed by atoms with Crippen molar-refractivity contribution in [3.05, 3.63) is 96.1 Å². The van der Waals surface area contributed by atoms with Gasteiger partial charge in [-0.15, -0.1) is 0 Å². The average Bonchev–Trinajstić information content (AvgIpc) is 2.96. The maximum atomic E-state index is 14.0. The van der Waals surface area contributed by atoms with E-state index in [0.717, 1.165) is 10.8 Å². The smallest absolute Gasteiger partial charge is 0.307 e. The maximum Gasteiger partial charge on any atom is 0.307 e. The summed E-state index contributed by atoms with van der Waals surface area (Å²) in [6.07, 6.45) is 0. The molecule has 0 aliphatic carbocycles. The van der Waals surface area contributed by atoms with E-state index in [9.17, 15) is 9.59 Å². The molecule has 4 aromatic carbocycles. The number of anilines is 2. The monoisotopic (exact) mass is 606 g/mol. The van der Waals surface area contributed by atoms with Crippen molar-refractivity contribution < 1.29 is 18.6 Å². The molecule has 0 saturated carbocycles. The maximum absolute atomic E-state index is 14.0. The Balaban J connectivity index is 1.48. The van der Waals surface area contributed by atoms with Gasteiger partial charge >= 0.3 is 13.1 Å². The second kappa shape index (κ2) is 9.05. The van der Waals surface area contributed by atoms with Gasteiger partial charge in [0.15, 0.2) is 11.5 Å². The molecule has 7 rings (SSSR count). The van der Waals surface area contributed by atoms with Crippen LogP contribution in [0, 0.1) is 0 Å². The average molecular weight is 607 g/mol. The van der Waals surface area contributed by atoms with Gasteiger partial charge in [-0.2, -0.15) is 0 Å². The van der Waals surface area contributed by atoms with E-state index < -0.39 is 13.1 Å². The van der Waals surface area contributed by atoms with Crippen molar-refractivity contribution in [1.82, 2.24) is 9.34 Å². The van der Waals surface area contributed by atoms with Crippen LogP contribution in [0.3, 0.4) is 0 Å². The molecule has 0 saturated heterocycles. The molecule has 0 fully saturated rings. The first-order chi connectivity index (χ1) is 19.2. The topological polar surface area (TPSA) is 65.6 Å². The first-order valence-corrected chi connectivity index (χ1v) is 17.9. The highest BCUT2D eigenvalue weighted by Crippen LogP contribution is 2.65. The Kier molecular flexibility index (Phi) is 5.78. The highest BCUT2D eigenvalue weighted by molar-refractivity contribution is 8.12. The summed E-state index contributed by atoms with van der Waals surface area (Å²) >= 11 is 12.6. The quantitative estimate of drug-likeness (QED) is 0.218. The predicted molar refractivity (Wildman–Crippen MR) is 166 cm³/mol. The summed E-state index contributed by atoms with van der Waals surface area (Å²) in [6.45, 7) is -6.12. The number of hydrogen-bond acceptors (Lipinski definition) is 6. The van der Waals surface area contributed by atoms with E-state index in [1.807, 2.05) is 96.2 Å². The van der Waals surface area contributed by atoms with Gasteiger partial charge in [-0.25, -0.2) is 0 Å². The van der Waals surface area contributed by atoms with Crippen LogP contribution in [-0.4, -0.2) is 48.3 Å². The molecule has 12 heteroatoms. The van der Waals surface area contributed by atoms with Crippen molar-refractivity contribution >= 4 is 70.7 Å². The largest absolute Gasteiger partial charge is 0.429 e. The molecule has 2 atom stereocenters. The van der Waals surface area contributed by atoms with Gasteiger partial charge in [0.25, 0.3) is 11.8 Å². The second-order valence-corrected chi connectivity index (χ2v) is 17.1. The zero-order valence-electron chi connectivity index (χ0n) is 21.6. The van der Waals surface area contributed by atoms with Gasteiger partial charge in [-0.1, -0.05) is 48.5 Å². The first-order valence-electron chi connectivity index (χ1n) is 12.7. The molecule has 0 bridgehead atoms. The van der Waals surface area contributed by atoms with Crippen molar-refractivity contribution in [3.8, 4) is 11.5 Å². The lowest BCUT2D eigenvalue weighted by Gasteiger charge is -2.49. The number of benzene rings is 4. The zero-order valence-corrected chi connectivity index (χ0v) is 25.1. The molecule has 2 unspecified atom stereocenters. The molecule has 2 amide bonds. The number of fused-ring (bicyclic) bond motifs is 6. The van der Waals surface area contributed by atoms with Crippen LogP contribution in [0.15, 0.2) is 84.9 Å². The van der Waals surface area contributed by atoms with E-state index >= 15 is 0 Å². The fourth-order valence-electron chi connectivity index (χ4n) is 5.44. The second-order valence-electron chi connectivity index (χ2n) is 9.75. The van der Waals surface area contributed by atoms with Crippen molar-refractivity contribution in [2.45, 2.75) is 0 Å². The molecule has 3 aliphatic rings. The highest BCUT2D eigenvalue weighted by atomic mass is 32.5. The molecule has 3 heterocycles. The summed E-state index contributed by atoms with van der Waals surface area (Å²) in [5.74, 6) is 0.313. The van der Waals surface area contributed by atoms with Crippen LogP contribution in [0.25, 0.3) is 10.8 Å². The Hall–Kier alpha value is -3.42. The fraction of sp³-hybridized carbons (Fsp3) is 0.143. The molecular formula is C28H24N4O4P2S2. The molecule has 0 aromatic heterocycles. The molecule has 40 heavy (non-hydrogen) atoms. The third-order valence-corrected chi connectivity index (χ3v) is 15.5. The van der Waals surface area contributed by atoms with Gasteiger partial charge in [0.05, 0.1) is 22.5 Å². The van der Waals surface area contributed by atoms with Crippen LogP contribution in [0.1, 0.15) is 20.7 Å². The van der Waals surface area contributed by atoms with E-state index in [4.69, 9.17) is 32.7 Å². The fourth-order valence-corrected chi connectivity index (χ4v) is 11.5. The predicted octanol–water partition coefficient (Wildman–Crippen LogP) is 6.24. The molecular weight excluding hydrogens is 582 g/mol. The van der Waals surface area contributed by atoms with Crippen molar-refractivity contribution in [3.63, 3.8) is 0 Å². The van der Waals surface area contributed by atoms with Gasteiger partial charge in [0.1, 0.15) is 0 Å². The Labute approximate surface area is 242 Å². The van der Waals surface area contributed by atoms with Gasteiger partial charge in [-0.3, -0.25) is 18.9 Å². The van der Waals surface area contributed by atoms with Gasteiger partial charge in [0, 0.05) is 27.2 Å². The Morgan fingerprint density at radius 2 is 1.00 bits per heavy atom. The minimum absolute atomic E-state index is 0.140. The van der Waals surface area contributed by atoms with E-state index in [1.54, 1.807) is 21.5 Å². The van der Waals surface area contributed by atoms with E-state index in [2.05, 4.69) is 0 Å². The number of carbonyl (C=O) groups excluding carboxylic acids is 2. The minimum Gasteiger partial charge on any atom is -0.429 e. The lowest BCUT2D eigenvalue weighted by molar-refractivity contribution is 0.0797. The SMILES string of the molecule is CN1c2ccccc2C(=O)N2CCN3C(=O)c4ccccc4N(C)P3(=S)Oc3cc4ccccc4cc3OP21=S. The highest BCUT2D eigenvalue weighted by Gasteiger charge is 2.49. The third-order valence-electron chi connectivity index (χ3n) is 7.57. The van der Waals surface area contributed by atoms with Gasteiger partial charge in [-0.05, 0) is 70.8 Å². The summed E-state index contributed by atoms with van der Waals surface area (Å²) in [5.41, 5.74) is 2.49. The van der Waals surface area contributed by atoms with Crippen LogP contribution in [0.2, 0.25) is 0 Å². The van der Waals surface area contributed by atoms with Crippen molar-refractivity contribution in [2.24, 2.45) is 0 Å². The number of nitrogens with zero attached hydrogens (tertiary/aromatic N) is 4. The standard InChI is InChI=1S/C28H24N4O4P2S2/c1-29-23-13-7-5-11-21(23)27(33)31-15-16-32-28(34)22-12-6-8-14-24(22)30(2)38(32,40)36-26-18-20-10-4-3-9-19(20)17-25(26)35-37(29,31)39/h3-14,17-18H,15-16H2,1-2H3. The van der Waals surface area contributed by atoms with E-state index in [1.165, 1.54) is 0 Å². The Morgan fingerprint density at radius 3 is 1.43 bits per heavy atom. The van der Waals surface area contributed by atoms with Crippen molar-refractivity contribution in [2.75, 3.05) is 36.5 Å².